The van der Waals surface area contributed by atoms with Crippen LogP contribution in [-0.2, 0) is 4.79 Å². The van der Waals surface area contributed by atoms with Crippen molar-refractivity contribution in [2.45, 2.75) is 24.8 Å². The monoisotopic (exact) mass is 198 g/mol. The van der Waals surface area contributed by atoms with Crippen molar-refractivity contribution in [3.05, 3.63) is 0 Å². The van der Waals surface area contributed by atoms with Crippen molar-refractivity contribution in [2.24, 2.45) is 5.73 Å². The minimum Gasteiger partial charge on any atom is -0.329 e. The maximum Gasteiger partial charge on any atom is 0.238 e. The van der Waals surface area contributed by atoms with Crippen molar-refractivity contribution < 1.29 is 4.79 Å². The van der Waals surface area contributed by atoms with Crippen LogP contribution < -0.4 is 16.5 Å². The smallest absolute Gasteiger partial charge is 0.238 e. The number of carbonyl (C=O) groups excluding carboxylic acids is 1. The van der Waals surface area contributed by atoms with E-state index in [0.29, 0.717) is 19.5 Å². The van der Waals surface area contributed by atoms with Crippen LogP contribution >= 0.6 is 0 Å². The van der Waals surface area contributed by atoms with E-state index >= 15 is 0 Å². The van der Waals surface area contributed by atoms with E-state index in [1.807, 2.05) is 0 Å². The van der Waals surface area contributed by atoms with Crippen LogP contribution in [0.2, 0.25) is 0 Å². The molecule has 1 amide bonds. The number of piperidine rings is 1. The molecule has 0 aliphatic carbocycles. The molecular weight excluding hydrogens is 180 g/mol. The van der Waals surface area contributed by atoms with Crippen LogP contribution in [0.5, 0.6) is 0 Å². The lowest BCUT2D eigenvalue weighted by Crippen LogP contribution is -2.52. The van der Waals surface area contributed by atoms with Crippen LogP contribution in [0.3, 0.4) is 0 Å². The molecule has 0 aromatic heterocycles. The van der Waals surface area contributed by atoms with Crippen molar-refractivity contribution in [2.75, 3.05) is 26.2 Å². The molecule has 0 saturated carbocycles. The van der Waals surface area contributed by atoms with Gasteiger partial charge in [-0.15, -0.1) is 0 Å². The molecule has 0 atom stereocenters. The molecule has 0 unspecified atom stereocenters. The van der Waals surface area contributed by atoms with Crippen LogP contribution in [0.15, 0.2) is 0 Å². The minimum absolute atomic E-state index is 0.0253. The first-order valence-corrected chi connectivity index (χ1v) is 5.25. The van der Waals surface area contributed by atoms with Gasteiger partial charge in [0.05, 0.1) is 0 Å². The van der Waals surface area contributed by atoms with Crippen LogP contribution in [0.4, 0.5) is 0 Å². The van der Waals surface area contributed by atoms with Crippen LogP contribution in [0.1, 0.15) is 19.3 Å². The molecule has 14 heavy (non-hydrogen) atoms. The molecule has 1 spiro atoms. The standard InChI is InChI=1S/C9H18N4O/c10-3-6-13-8(14)7-9(12-13)1-4-11-5-2-9/h11-12H,1-7,10H2. The highest BCUT2D eigenvalue weighted by atomic mass is 16.2. The molecule has 5 heteroatoms. The predicted octanol–water partition coefficient (Wildman–Crippen LogP) is -1.20. The molecule has 2 fully saturated rings. The summed E-state index contributed by atoms with van der Waals surface area (Å²) < 4.78 is 0. The van der Waals surface area contributed by atoms with Crippen molar-refractivity contribution in [3.8, 4) is 0 Å². The summed E-state index contributed by atoms with van der Waals surface area (Å²) in [6, 6.07) is 0. The van der Waals surface area contributed by atoms with Gasteiger partial charge in [0.2, 0.25) is 5.91 Å². The third kappa shape index (κ3) is 1.75. The Morgan fingerprint density at radius 3 is 2.79 bits per heavy atom. The summed E-state index contributed by atoms with van der Waals surface area (Å²) in [5, 5.41) is 4.99. The average molecular weight is 198 g/mol. The Labute approximate surface area is 84.0 Å². The van der Waals surface area contributed by atoms with Gasteiger partial charge >= 0.3 is 0 Å². The van der Waals surface area contributed by atoms with E-state index in [1.165, 1.54) is 0 Å². The third-order valence-corrected chi connectivity index (χ3v) is 3.08. The molecule has 2 aliphatic heterocycles. The number of hydrogen-bond donors (Lipinski definition) is 3. The van der Waals surface area contributed by atoms with E-state index in [-0.39, 0.29) is 11.4 Å². The van der Waals surface area contributed by atoms with E-state index in [1.54, 1.807) is 5.01 Å². The number of amides is 1. The second kappa shape index (κ2) is 3.84. The molecule has 5 nitrogen and oxygen atoms in total. The number of hydrazine groups is 1. The Bertz CT molecular complexity index is 225. The SMILES string of the molecule is NCCN1NC2(CCNCC2)CC1=O. The molecule has 0 aromatic rings. The van der Waals surface area contributed by atoms with Gasteiger partial charge < -0.3 is 11.1 Å². The average Bonchev–Trinajstić information content (AvgIpc) is 2.45. The molecule has 2 rings (SSSR count). The summed E-state index contributed by atoms with van der Waals surface area (Å²) in [6.07, 6.45) is 2.69. The Morgan fingerprint density at radius 2 is 2.14 bits per heavy atom. The van der Waals surface area contributed by atoms with E-state index in [2.05, 4.69) is 10.7 Å². The van der Waals surface area contributed by atoms with Gasteiger partial charge in [0.15, 0.2) is 0 Å². The summed E-state index contributed by atoms with van der Waals surface area (Å²) in [4.78, 5) is 11.6. The first kappa shape index (κ1) is 9.89. The molecule has 0 bridgehead atoms. The maximum atomic E-state index is 11.6. The summed E-state index contributed by atoms with van der Waals surface area (Å²) in [5.41, 5.74) is 8.79. The largest absolute Gasteiger partial charge is 0.329 e. The summed E-state index contributed by atoms with van der Waals surface area (Å²) >= 11 is 0. The number of nitrogens with zero attached hydrogens (tertiary/aromatic N) is 1. The number of hydrogen-bond acceptors (Lipinski definition) is 4. The summed E-state index contributed by atoms with van der Waals surface area (Å²) in [7, 11) is 0. The molecular formula is C9H18N4O. The Kier molecular flexibility index (Phi) is 2.71. The number of nitrogens with two attached hydrogens (primary N) is 1. The highest BCUT2D eigenvalue weighted by Crippen LogP contribution is 2.28. The maximum absolute atomic E-state index is 11.6. The van der Waals surface area contributed by atoms with Gasteiger partial charge in [0.25, 0.3) is 0 Å². The van der Waals surface area contributed by atoms with E-state index in [0.717, 1.165) is 25.9 Å². The third-order valence-electron chi connectivity index (χ3n) is 3.08. The highest BCUT2D eigenvalue weighted by Gasteiger charge is 2.42. The Balaban J connectivity index is 1.99. The van der Waals surface area contributed by atoms with E-state index < -0.39 is 0 Å². The molecule has 80 valence electrons. The van der Waals surface area contributed by atoms with Gasteiger partial charge in [-0.3, -0.25) is 9.80 Å². The fraction of sp³-hybridized carbons (Fsp3) is 0.889. The molecule has 0 aromatic carbocycles. The van der Waals surface area contributed by atoms with Crippen LogP contribution in [-0.4, -0.2) is 42.6 Å². The molecule has 0 radical (unpaired) electrons. The quantitative estimate of drug-likeness (QED) is 0.521. The van der Waals surface area contributed by atoms with Crippen LogP contribution in [0, 0.1) is 0 Å². The number of carbonyl (C=O) groups is 1. The van der Waals surface area contributed by atoms with Gasteiger partial charge in [-0.25, -0.2) is 5.43 Å². The van der Waals surface area contributed by atoms with E-state index in [9.17, 15) is 4.79 Å². The van der Waals surface area contributed by atoms with Gasteiger partial charge in [-0.2, -0.15) is 0 Å². The van der Waals surface area contributed by atoms with Gasteiger partial charge in [-0.1, -0.05) is 0 Å². The topological polar surface area (TPSA) is 70.4 Å². The van der Waals surface area contributed by atoms with Crippen LogP contribution in [0.25, 0.3) is 0 Å². The van der Waals surface area contributed by atoms with Crippen molar-refractivity contribution in [3.63, 3.8) is 0 Å². The first-order chi connectivity index (χ1) is 6.76. The minimum atomic E-state index is 0.0253. The van der Waals surface area contributed by atoms with E-state index in [4.69, 9.17) is 5.73 Å². The highest BCUT2D eigenvalue weighted by molar-refractivity contribution is 5.79. The zero-order valence-corrected chi connectivity index (χ0v) is 8.38. The Morgan fingerprint density at radius 1 is 1.43 bits per heavy atom. The summed E-state index contributed by atoms with van der Waals surface area (Å²) in [6.45, 7) is 3.13. The van der Waals surface area contributed by atoms with Crippen molar-refractivity contribution in [1.82, 2.24) is 15.8 Å². The zero-order valence-electron chi connectivity index (χ0n) is 8.38. The van der Waals surface area contributed by atoms with Gasteiger partial charge in [-0.05, 0) is 25.9 Å². The Hall–Kier alpha value is -0.650. The summed E-state index contributed by atoms with van der Waals surface area (Å²) in [5.74, 6) is 0.192. The molecule has 2 aliphatic rings. The fourth-order valence-electron chi connectivity index (χ4n) is 2.28. The lowest BCUT2D eigenvalue weighted by Gasteiger charge is -2.33. The molecule has 2 heterocycles. The lowest BCUT2D eigenvalue weighted by atomic mass is 9.87. The first-order valence-electron chi connectivity index (χ1n) is 5.25. The van der Waals surface area contributed by atoms with Crippen molar-refractivity contribution >= 4 is 5.91 Å². The fourth-order valence-corrected chi connectivity index (χ4v) is 2.28. The van der Waals surface area contributed by atoms with Gasteiger partial charge in [0.1, 0.15) is 0 Å². The number of rotatable bonds is 2. The predicted molar refractivity (Wildman–Crippen MR) is 53.4 cm³/mol. The lowest BCUT2D eigenvalue weighted by molar-refractivity contribution is -0.129. The molecule has 2 saturated heterocycles. The molecule has 4 N–H and O–H groups in total. The number of nitrogens with one attached hydrogen (secondary N) is 2. The normalized spacial score (nSPS) is 26.1. The van der Waals surface area contributed by atoms with Crippen molar-refractivity contribution in [1.29, 1.82) is 0 Å². The zero-order chi connectivity index (χ0) is 10.0. The second-order valence-corrected chi connectivity index (χ2v) is 4.15. The van der Waals surface area contributed by atoms with Gasteiger partial charge in [0, 0.05) is 25.0 Å². The second-order valence-electron chi connectivity index (χ2n) is 4.15.